The van der Waals surface area contributed by atoms with Crippen LogP contribution >= 0.6 is 0 Å². The third-order valence-corrected chi connectivity index (χ3v) is 4.85. The molecular weight excluding hydrogens is 380 g/mol. The molecule has 1 heterocycles. The van der Waals surface area contributed by atoms with Crippen molar-refractivity contribution in [3.05, 3.63) is 54.1 Å². The first-order valence-corrected chi connectivity index (χ1v) is 9.53. The predicted molar refractivity (Wildman–Crippen MR) is 107 cm³/mol. The molecule has 3 rings (SSSR count). The van der Waals surface area contributed by atoms with Crippen molar-refractivity contribution in [2.24, 2.45) is 0 Å². The largest absolute Gasteiger partial charge is 0.496 e. The summed E-state index contributed by atoms with van der Waals surface area (Å²) in [6, 6.07) is 13.2. The van der Waals surface area contributed by atoms with E-state index in [1.54, 1.807) is 13.2 Å². The fourth-order valence-corrected chi connectivity index (χ4v) is 3.55. The van der Waals surface area contributed by atoms with Gasteiger partial charge in [-0.05, 0) is 44.1 Å². The number of hydrogen-bond acceptors (Lipinski definition) is 4. The SMILES string of the molecule is COc1ccccc1C(CNC(=O)Nc1cccc(OC(F)F)c1)N1CCCC1. The molecule has 0 spiro atoms. The predicted octanol–water partition coefficient (Wildman–Crippen LogP) is 4.26. The van der Waals surface area contributed by atoms with Gasteiger partial charge < -0.3 is 20.1 Å². The van der Waals surface area contributed by atoms with Crippen LogP contribution in [0.2, 0.25) is 0 Å². The summed E-state index contributed by atoms with van der Waals surface area (Å²) in [5.74, 6) is 0.769. The molecule has 2 aromatic carbocycles. The monoisotopic (exact) mass is 405 g/mol. The van der Waals surface area contributed by atoms with Gasteiger partial charge in [-0.2, -0.15) is 8.78 Å². The van der Waals surface area contributed by atoms with Crippen LogP contribution in [0.25, 0.3) is 0 Å². The highest BCUT2D eigenvalue weighted by atomic mass is 19.3. The minimum absolute atomic E-state index is 0.0123. The minimum Gasteiger partial charge on any atom is -0.496 e. The summed E-state index contributed by atoms with van der Waals surface area (Å²) < 4.78 is 34.6. The number of rotatable bonds is 8. The number of methoxy groups -OCH3 is 1. The van der Waals surface area contributed by atoms with Crippen LogP contribution < -0.4 is 20.1 Å². The first-order valence-electron chi connectivity index (χ1n) is 9.53. The fraction of sp³-hybridized carbons (Fsp3) is 0.381. The van der Waals surface area contributed by atoms with Crippen LogP contribution in [0.3, 0.4) is 0 Å². The molecule has 2 aromatic rings. The third-order valence-electron chi connectivity index (χ3n) is 4.85. The average molecular weight is 405 g/mol. The number of carbonyl (C=O) groups excluding carboxylic acids is 1. The number of nitrogens with zero attached hydrogens (tertiary/aromatic N) is 1. The number of benzene rings is 2. The highest BCUT2D eigenvalue weighted by molar-refractivity contribution is 5.89. The van der Waals surface area contributed by atoms with Crippen molar-refractivity contribution in [1.82, 2.24) is 10.2 Å². The van der Waals surface area contributed by atoms with E-state index in [4.69, 9.17) is 4.74 Å². The number of amides is 2. The summed E-state index contributed by atoms with van der Waals surface area (Å²) >= 11 is 0. The number of alkyl halides is 2. The topological polar surface area (TPSA) is 62.8 Å². The lowest BCUT2D eigenvalue weighted by Gasteiger charge is -2.29. The standard InChI is InChI=1S/C21H25F2N3O3/c1-28-19-10-3-2-9-17(19)18(26-11-4-5-12-26)14-24-21(27)25-15-7-6-8-16(13-15)29-20(22)23/h2-3,6-10,13,18,20H,4-5,11-12,14H2,1H3,(H2,24,25,27). The molecule has 6 nitrogen and oxygen atoms in total. The van der Waals surface area contributed by atoms with Crippen molar-refractivity contribution in [3.63, 3.8) is 0 Å². The van der Waals surface area contributed by atoms with Crippen LogP contribution in [0, 0.1) is 0 Å². The van der Waals surface area contributed by atoms with Crippen molar-refractivity contribution in [2.75, 3.05) is 32.1 Å². The molecule has 8 heteroatoms. The number of anilines is 1. The lowest BCUT2D eigenvalue weighted by Crippen LogP contribution is -2.38. The van der Waals surface area contributed by atoms with Crippen LogP contribution in [0.4, 0.5) is 19.3 Å². The molecule has 0 radical (unpaired) electrons. The zero-order valence-electron chi connectivity index (χ0n) is 16.2. The summed E-state index contributed by atoms with van der Waals surface area (Å²) in [4.78, 5) is 14.7. The maximum absolute atomic E-state index is 12.4. The quantitative estimate of drug-likeness (QED) is 0.689. The molecule has 0 saturated carbocycles. The number of halogens is 2. The Bertz CT molecular complexity index is 813. The lowest BCUT2D eigenvalue weighted by molar-refractivity contribution is -0.0497. The highest BCUT2D eigenvalue weighted by Gasteiger charge is 2.26. The highest BCUT2D eigenvalue weighted by Crippen LogP contribution is 2.31. The molecule has 1 aliphatic heterocycles. The van der Waals surface area contributed by atoms with E-state index < -0.39 is 12.6 Å². The molecule has 0 aromatic heterocycles. The summed E-state index contributed by atoms with van der Waals surface area (Å²) in [7, 11) is 1.63. The number of hydrogen-bond donors (Lipinski definition) is 2. The maximum Gasteiger partial charge on any atom is 0.387 e. The molecule has 2 amide bonds. The number of urea groups is 1. The van der Waals surface area contributed by atoms with Gasteiger partial charge in [0.25, 0.3) is 0 Å². The Hall–Kier alpha value is -2.87. The van der Waals surface area contributed by atoms with E-state index in [-0.39, 0.29) is 11.8 Å². The van der Waals surface area contributed by atoms with Gasteiger partial charge in [-0.1, -0.05) is 24.3 Å². The second kappa shape index (κ2) is 10.1. The summed E-state index contributed by atoms with van der Waals surface area (Å²) in [5.41, 5.74) is 1.39. The Kier molecular flexibility index (Phi) is 7.24. The normalized spacial score (nSPS) is 15.2. The zero-order chi connectivity index (χ0) is 20.6. The Labute approximate surface area is 168 Å². The van der Waals surface area contributed by atoms with Gasteiger partial charge in [0.1, 0.15) is 11.5 Å². The van der Waals surface area contributed by atoms with Crippen LogP contribution in [0.15, 0.2) is 48.5 Å². The number of likely N-dealkylation sites (tertiary alicyclic amines) is 1. The third kappa shape index (κ3) is 5.80. The van der Waals surface area contributed by atoms with E-state index in [2.05, 4.69) is 20.3 Å². The van der Waals surface area contributed by atoms with Gasteiger partial charge in [0.15, 0.2) is 0 Å². The van der Waals surface area contributed by atoms with E-state index in [0.29, 0.717) is 12.2 Å². The minimum atomic E-state index is -2.92. The van der Waals surface area contributed by atoms with E-state index in [1.165, 1.54) is 18.2 Å². The van der Waals surface area contributed by atoms with Gasteiger partial charge in [-0.15, -0.1) is 0 Å². The van der Waals surface area contributed by atoms with Crippen LogP contribution in [0.5, 0.6) is 11.5 Å². The molecule has 1 atom stereocenters. The molecule has 1 unspecified atom stereocenters. The molecule has 1 fully saturated rings. The Morgan fingerprint density at radius 2 is 1.90 bits per heavy atom. The van der Waals surface area contributed by atoms with Gasteiger partial charge in [-0.25, -0.2) is 4.79 Å². The number of carbonyl (C=O) groups is 1. The molecule has 1 saturated heterocycles. The first kappa shape index (κ1) is 20.9. The zero-order valence-corrected chi connectivity index (χ0v) is 16.2. The Morgan fingerprint density at radius 1 is 1.14 bits per heavy atom. The summed E-state index contributed by atoms with van der Waals surface area (Å²) in [6.07, 6.45) is 2.24. The molecule has 156 valence electrons. The smallest absolute Gasteiger partial charge is 0.387 e. The van der Waals surface area contributed by atoms with Crippen LogP contribution in [0.1, 0.15) is 24.4 Å². The van der Waals surface area contributed by atoms with Crippen molar-refractivity contribution in [3.8, 4) is 11.5 Å². The van der Waals surface area contributed by atoms with Crippen molar-refractivity contribution in [2.45, 2.75) is 25.5 Å². The number of ether oxygens (including phenoxy) is 2. The van der Waals surface area contributed by atoms with Crippen molar-refractivity contribution >= 4 is 11.7 Å². The second-order valence-corrected chi connectivity index (χ2v) is 6.74. The van der Waals surface area contributed by atoms with Crippen molar-refractivity contribution in [1.29, 1.82) is 0 Å². The maximum atomic E-state index is 12.4. The number of nitrogens with one attached hydrogen (secondary N) is 2. The van der Waals surface area contributed by atoms with Gasteiger partial charge in [-0.3, -0.25) is 4.90 Å². The van der Waals surface area contributed by atoms with Crippen LogP contribution in [-0.4, -0.2) is 44.3 Å². The van der Waals surface area contributed by atoms with Crippen LogP contribution in [-0.2, 0) is 0 Å². The molecule has 2 N–H and O–H groups in total. The van der Waals surface area contributed by atoms with E-state index in [0.717, 1.165) is 37.2 Å². The van der Waals surface area contributed by atoms with Gasteiger partial charge in [0.2, 0.25) is 0 Å². The molecule has 1 aliphatic rings. The second-order valence-electron chi connectivity index (χ2n) is 6.74. The fourth-order valence-electron chi connectivity index (χ4n) is 3.55. The average Bonchev–Trinajstić information content (AvgIpc) is 3.23. The Balaban J connectivity index is 1.65. The summed E-state index contributed by atoms with van der Waals surface area (Å²) in [6.45, 7) is -0.613. The summed E-state index contributed by atoms with van der Waals surface area (Å²) in [5, 5.41) is 5.54. The molecule has 29 heavy (non-hydrogen) atoms. The lowest BCUT2D eigenvalue weighted by atomic mass is 10.0. The van der Waals surface area contributed by atoms with Crippen molar-refractivity contribution < 1.29 is 23.0 Å². The van der Waals surface area contributed by atoms with Gasteiger partial charge in [0.05, 0.1) is 13.2 Å². The molecule has 0 aliphatic carbocycles. The molecular formula is C21H25F2N3O3. The van der Waals surface area contributed by atoms with E-state index >= 15 is 0 Å². The number of para-hydroxylation sites is 1. The molecule has 0 bridgehead atoms. The first-order chi connectivity index (χ1) is 14.1. The van der Waals surface area contributed by atoms with E-state index in [9.17, 15) is 13.6 Å². The van der Waals surface area contributed by atoms with Gasteiger partial charge in [0, 0.05) is 23.9 Å². The van der Waals surface area contributed by atoms with E-state index in [1.807, 2.05) is 24.3 Å². The van der Waals surface area contributed by atoms with Gasteiger partial charge >= 0.3 is 12.6 Å². The Morgan fingerprint density at radius 3 is 2.62 bits per heavy atom.